The molecule has 4 nitrogen and oxygen atoms in total. The molecule has 18 heavy (non-hydrogen) atoms. The fourth-order valence-corrected chi connectivity index (χ4v) is 2.49. The van der Waals surface area contributed by atoms with Crippen LogP contribution in [0, 0.1) is 0 Å². The Kier molecular flexibility index (Phi) is 2.67. The normalized spacial score (nSPS) is 17.2. The third-order valence-electron chi connectivity index (χ3n) is 3.43. The van der Waals surface area contributed by atoms with Crippen LogP contribution in [-0.4, -0.2) is 28.7 Å². The summed E-state index contributed by atoms with van der Waals surface area (Å²) in [5.41, 5.74) is 3.04. The van der Waals surface area contributed by atoms with E-state index in [1.54, 1.807) is 13.3 Å². The lowest BCUT2D eigenvalue weighted by molar-refractivity contribution is 0.786. The van der Waals surface area contributed by atoms with Crippen LogP contribution in [0.15, 0.2) is 29.3 Å². The Hall–Kier alpha value is -1.68. The van der Waals surface area contributed by atoms with E-state index < -0.39 is 0 Å². The van der Waals surface area contributed by atoms with Crippen LogP contribution in [0.2, 0.25) is 5.02 Å². The first-order valence-electron chi connectivity index (χ1n) is 5.86. The molecule has 92 valence electrons. The molecule has 0 radical (unpaired) electrons. The molecule has 1 aliphatic carbocycles. The van der Waals surface area contributed by atoms with Gasteiger partial charge in [0.1, 0.15) is 11.4 Å². The van der Waals surface area contributed by atoms with Crippen LogP contribution in [-0.2, 0) is 5.41 Å². The Morgan fingerprint density at radius 3 is 2.61 bits per heavy atom. The van der Waals surface area contributed by atoms with E-state index in [2.05, 4.69) is 32.5 Å². The monoisotopic (exact) mass is 260 g/mol. The average molecular weight is 261 g/mol. The number of aromatic amines is 1. The first-order chi connectivity index (χ1) is 8.76. The van der Waals surface area contributed by atoms with Crippen molar-refractivity contribution in [2.45, 2.75) is 18.3 Å². The molecule has 5 heteroatoms. The van der Waals surface area contributed by atoms with Crippen LogP contribution in [0.5, 0.6) is 0 Å². The molecular formula is C13H13ClN4. The van der Waals surface area contributed by atoms with Gasteiger partial charge in [-0.25, -0.2) is 0 Å². The summed E-state index contributed by atoms with van der Waals surface area (Å²) in [5, 5.41) is 11.9. The zero-order chi connectivity index (χ0) is 12.6. The molecule has 0 aliphatic heterocycles. The quantitative estimate of drug-likeness (QED) is 0.863. The van der Waals surface area contributed by atoms with Crippen LogP contribution in [0.4, 0.5) is 0 Å². The number of nitrogens with zero attached hydrogens (tertiary/aromatic N) is 3. The zero-order valence-corrected chi connectivity index (χ0v) is 10.8. The van der Waals surface area contributed by atoms with Crippen molar-refractivity contribution in [3.05, 3.63) is 46.2 Å². The third kappa shape index (κ3) is 1.73. The fraction of sp³-hybridized carbons (Fsp3) is 0.308. The highest BCUT2D eigenvalue weighted by molar-refractivity contribution is 6.30. The maximum atomic E-state index is 5.93. The Balaban J connectivity index is 2.04. The molecule has 1 fully saturated rings. The summed E-state index contributed by atoms with van der Waals surface area (Å²) in [6.45, 7) is 0. The van der Waals surface area contributed by atoms with Gasteiger partial charge in [-0.1, -0.05) is 23.7 Å². The predicted molar refractivity (Wildman–Crippen MR) is 71.4 cm³/mol. The second kappa shape index (κ2) is 4.21. The van der Waals surface area contributed by atoms with Crippen LogP contribution < -0.4 is 0 Å². The minimum absolute atomic E-state index is 0.00584. The lowest BCUT2D eigenvalue weighted by Gasteiger charge is -2.13. The van der Waals surface area contributed by atoms with E-state index in [1.165, 1.54) is 5.56 Å². The summed E-state index contributed by atoms with van der Waals surface area (Å²) in [7, 11) is 1.74. The molecule has 3 rings (SSSR count). The molecule has 1 aliphatic rings. The van der Waals surface area contributed by atoms with E-state index in [0.717, 1.165) is 29.3 Å². The van der Waals surface area contributed by atoms with E-state index in [4.69, 9.17) is 11.6 Å². The van der Waals surface area contributed by atoms with Crippen molar-refractivity contribution in [2.24, 2.45) is 4.99 Å². The number of halogens is 1. The molecule has 0 amide bonds. The van der Waals surface area contributed by atoms with Gasteiger partial charge < -0.3 is 0 Å². The molecule has 0 spiro atoms. The van der Waals surface area contributed by atoms with Crippen molar-refractivity contribution < 1.29 is 0 Å². The van der Waals surface area contributed by atoms with Crippen molar-refractivity contribution in [3.8, 4) is 0 Å². The summed E-state index contributed by atoms with van der Waals surface area (Å²) in [5.74, 6) is 0. The number of rotatable bonds is 3. The minimum Gasteiger partial charge on any atom is -0.294 e. The van der Waals surface area contributed by atoms with E-state index in [9.17, 15) is 0 Å². The highest BCUT2D eigenvalue weighted by Crippen LogP contribution is 2.53. The highest BCUT2D eigenvalue weighted by atomic mass is 35.5. The molecule has 0 saturated heterocycles. The van der Waals surface area contributed by atoms with Gasteiger partial charge in [0, 0.05) is 17.5 Å². The van der Waals surface area contributed by atoms with Gasteiger partial charge in [-0.05, 0) is 30.5 Å². The second-order valence-corrected chi connectivity index (χ2v) is 4.97. The number of aliphatic imine (C=N–C) groups is 1. The number of benzene rings is 1. The van der Waals surface area contributed by atoms with Gasteiger partial charge in [-0.3, -0.25) is 4.99 Å². The van der Waals surface area contributed by atoms with Crippen molar-refractivity contribution in [3.63, 3.8) is 0 Å². The largest absolute Gasteiger partial charge is 0.294 e. The molecule has 2 aromatic rings. The maximum Gasteiger partial charge on any atom is 0.127 e. The van der Waals surface area contributed by atoms with Crippen LogP contribution in [0.1, 0.15) is 29.8 Å². The molecule has 1 heterocycles. The number of aromatic nitrogens is 3. The summed E-state index contributed by atoms with van der Waals surface area (Å²) < 4.78 is 0. The van der Waals surface area contributed by atoms with Crippen LogP contribution in [0.25, 0.3) is 0 Å². The summed E-state index contributed by atoms with van der Waals surface area (Å²) in [6.07, 6.45) is 3.92. The summed E-state index contributed by atoms with van der Waals surface area (Å²) in [6, 6.07) is 7.98. The van der Waals surface area contributed by atoms with Crippen molar-refractivity contribution >= 4 is 17.8 Å². The number of hydrogen-bond acceptors (Lipinski definition) is 3. The minimum atomic E-state index is -0.00584. The Morgan fingerprint density at radius 1 is 1.28 bits per heavy atom. The number of hydrogen-bond donors (Lipinski definition) is 1. The molecular weight excluding hydrogens is 248 g/mol. The molecule has 1 saturated carbocycles. The van der Waals surface area contributed by atoms with E-state index in [-0.39, 0.29) is 5.41 Å². The Bertz CT molecular complexity index is 581. The second-order valence-electron chi connectivity index (χ2n) is 4.53. The van der Waals surface area contributed by atoms with E-state index in [0.29, 0.717) is 0 Å². The highest BCUT2D eigenvalue weighted by Gasteiger charge is 2.49. The average Bonchev–Trinajstić information content (AvgIpc) is 3.05. The third-order valence-corrected chi connectivity index (χ3v) is 3.68. The van der Waals surface area contributed by atoms with Gasteiger partial charge in [0.05, 0.1) is 6.21 Å². The standard InChI is InChI=1S/C13H13ClN4/c1-15-8-11-12(17-18-16-11)13(6-7-13)9-2-4-10(14)5-3-9/h2-5,8H,6-7H2,1H3,(H,16,17,18). The molecule has 0 bridgehead atoms. The lowest BCUT2D eigenvalue weighted by Crippen LogP contribution is -2.11. The summed E-state index contributed by atoms with van der Waals surface area (Å²) in [4.78, 5) is 4.02. The van der Waals surface area contributed by atoms with Gasteiger partial charge in [0.2, 0.25) is 0 Å². The molecule has 1 aromatic heterocycles. The van der Waals surface area contributed by atoms with E-state index >= 15 is 0 Å². The Labute approximate surface area is 110 Å². The SMILES string of the molecule is CN=Cc1n[nH]nc1C1(c2ccc(Cl)cc2)CC1. The molecule has 1 N–H and O–H groups in total. The number of H-pyrrole nitrogens is 1. The number of nitrogens with one attached hydrogen (secondary N) is 1. The molecule has 0 unspecified atom stereocenters. The van der Waals surface area contributed by atoms with Crippen molar-refractivity contribution in [1.29, 1.82) is 0 Å². The van der Waals surface area contributed by atoms with Gasteiger partial charge >= 0.3 is 0 Å². The van der Waals surface area contributed by atoms with Gasteiger partial charge in [-0.2, -0.15) is 15.4 Å². The topological polar surface area (TPSA) is 53.9 Å². The van der Waals surface area contributed by atoms with Crippen LogP contribution in [0.3, 0.4) is 0 Å². The fourth-order valence-electron chi connectivity index (χ4n) is 2.36. The Morgan fingerprint density at radius 2 is 2.00 bits per heavy atom. The van der Waals surface area contributed by atoms with Crippen LogP contribution >= 0.6 is 11.6 Å². The van der Waals surface area contributed by atoms with Gasteiger partial charge in [-0.15, -0.1) is 0 Å². The first kappa shape index (κ1) is 11.4. The maximum absolute atomic E-state index is 5.93. The van der Waals surface area contributed by atoms with Crippen molar-refractivity contribution in [1.82, 2.24) is 15.4 Å². The first-order valence-corrected chi connectivity index (χ1v) is 6.23. The van der Waals surface area contributed by atoms with Gasteiger partial charge in [0.25, 0.3) is 0 Å². The molecule has 1 aromatic carbocycles. The zero-order valence-electron chi connectivity index (χ0n) is 10.0. The van der Waals surface area contributed by atoms with Crippen molar-refractivity contribution in [2.75, 3.05) is 7.05 Å². The molecule has 0 atom stereocenters. The lowest BCUT2D eigenvalue weighted by atomic mass is 9.91. The predicted octanol–water partition coefficient (Wildman–Crippen LogP) is 2.59. The summed E-state index contributed by atoms with van der Waals surface area (Å²) >= 11 is 5.93. The smallest absolute Gasteiger partial charge is 0.127 e. The van der Waals surface area contributed by atoms with E-state index in [1.807, 2.05) is 12.1 Å². The van der Waals surface area contributed by atoms with Gasteiger partial charge in [0.15, 0.2) is 0 Å².